The second kappa shape index (κ2) is 5.16. The Morgan fingerprint density at radius 1 is 1.39 bits per heavy atom. The first-order valence-corrected chi connectivity index (χ1v) is 6.24. The van der Waals surface area contributed by atoms with Gasteiger partial charge >= 0.3 is 0 Å². The summed E-state index contributed by atoms with van der Waals surface area (Å²) in [6.45, 7) is 2.15. The lowest BCUT2D eigenvalue weighted by Gasteiger charge is -2.07. The lowest BCUT2D eigenvalue weighted by Crippen LogP contribution is -2.22. The van der Waals surface area contributed by atoms with Crippen LogP contribution in [0.25, 0.3) is 11.0 Å². The molecule has 2 heterocycles. The Labute approximate surface area is 106 Å². The van der Waals surface area contributed by atoms with E-state index in [4.69, 9.17) is 5.73 Å². The molecule has 0 radical (unpaired) electrons. The Bertz CT molecular complexity index is 618. The number of hydrogen-bond acceptors (Lipinski definition) is 4. The van der Waals surface area contributed by atoms with E-state index in [2.05, 4.69) is 16.9 Å². The van der Waals surface area contributed by atoms with Crippen LogP contribution in [0.5, 0.6) is 0 Å². The van der Waals surface area contributed by atoms with Crippen molar-refractivity contribution < 1.29 is 0 Å². The average Bonchev–Trinajstić information content (AvgIpc) is 2.36. The molecule has 2 aromatic rings. The summed E-state index contributed by atoms with van der Waals surface area (Å²) in [6.07, 6.45) is 5.79. The summed E-state index contributed by atoms with van der Waals surface area (Å²) in [5, 5.41) is 0.859. The Balaban J connectivity index is 2.47. The third-order valence-corrected chi connectivity index (χ3v) is 3.09. The molecule has 0 unspecified atom stereocenters. The van der Waals surface area contributed by atoms with E-state index in [0.29, 0.717) is 5.65 Å². The van der Waals surface area contributed by atoms with Crippen LogP contribution in [0.3, 0.4) is 0 Å². The van der Waals surface area contributed by atoms with Crippen molar-refractivity contribution >= 4 is 17.0 Å². The van der Waals surface area contributed by atoms with Gasteiger partial charge in [0.25, 0.3) is 5.56 Å². The largest absolute Gasteiger partial charge is 0.368 e. The molecular formula is C13H18N4O. The number of fused-ring (bicyclic) bond motifs is 1. The quantitative estimate of drug-likeness (QED) is 0.832. The third kappa shape index (κ3) is 2.34. The molecule has 0 aromatic carbocycles. The highest BCUT2D eigenvalue weighted by atomic mass is 16.1. The van der Waals surface area contributed by atoms with Crippen LogP contribution < -0.4 is 11.3 Å². The van der Waals surface area contributed by atoms with E-state index in [0.717, 1.165) is 36.6 Å². The number of aryl methyl sites for hydroxylation is 2. The van der Waals surface area contributed by atoms with E-state index in [-0.39, 0.29) is 11.5 Å². The molecule has 5 nitrogen and oxygen atoms in total. The number of anilines is 1. The summed E-state index contributed by atoms with van der Waals surface area (Å²) < 4.78 is 1.55. The van der Waals surface area contributed by atoms with Gasteiger partial charge in [-0.3, -0.25) is 9.36 Å². The van der Waals surface area contributed by atoms with Crippen LogP contribution in [0.2, 0.25) is 0 Å². The number of aromatic nitrogens is 3. The Morgan fingerprint density at radius 2 is 2.17 bits per heavy atom. The van der Waals surface area contributed by atoms with Crippen LogP contribution in [0.15, 0.2) is 17.1 Å². The topological polar surface area (TPSA) is 73.8 Å². The van der Waals surface area contributed by atoms with E-state index >= 15 is 0 Å². The summed E-state index contributed by atoms with van der Waals surface area (Å²) in [7, 11) is 1.72. The summed E-state index contributed by atoms with van der Waals surface area (Å²) in [5.41, 5.74) is 6.97. The Morgan fingerprint density at radius 3 is 2.89 bits per heavy atom. The van der Waals surface area contributed by atoms with Gasteiger partial charge in [-0.15, -0.1) is 0 Å². The minimum atomic E-state index is 0.0108. The molecule has 96 valence electrons. The van der Waals surface area contributed by atoms with E-state index in [1.807, 2.05) is 6.07 Å². The van der Waals surface area contributed by atoms with Gasteiger partial charge in [-0.05, 0) is 18.9 Å². The van der Waals surface area contributed by atoms with Gasteiger partial charge in [0.1, 0.15) is 5.65 Å². The molecule has 0 amide bonds. The number of hydrogen-bond donors (Lipinski definition) is 1. The lowest BCUT2D eigenvalue weighted by atomic mass is 10.1. The number of nitrogen functional groups attached to an aromatic ring is 1. The average molecular weight is 246 g/mol. The molecule has 0 atom stereocenters. The molecule has 0 aliphatic carbocycles. The molecule has 0 saturated heterocycles. The number of nitrogens with zero attached hydrogens (tertiary/aromatic N) is 3. The van der Waals surface area contributed by atoms with E-state index in [1.54, 1.807) is 17.8 Å². The molecule has 18 heavy (non-hydrogen) atoms. The van der Waals surface area contributed by atoms with Crippen LogP contribution in [-0.2, 0) is 13.5 Å². The monoisotopic (exact) mass is 246 g/mol. The van der Waals surface area contributed by atoms with E-state index < -0.39 is 0 Å². The lowest BCUT2D eigenvalue weighted by molar-refractivity contribution is 0.707. The van der Waals surface area contributed by atoms with Crippen LogP contribution in [0.1, 0.15) is 31.7 Å². The summed E-state index contributed by atoms with van der Waals surface area (Å²) in [5.74, 6) is 0.191. The van der Waals surface area contributed by atoms with Crippen molar-refractivity contribution in [2.45, 2.75) is 32.6 Å². The molecule has 0 fully saturated rings. The summed E-state index contributed by atoms with van der Waals surface area (Å²) in [6, 6.07) is 1.88. The van der Waals surface area contributed by atoms with Gasteiger partial charge in [0.05, 0.1) is 0 Å². The van der Waals surface area contributed by atoms with Crippen molar-refractivity contribution in [3.8, 4) is 0 Å². The number of unbranched alkanes of at least 4 members (excludes halogenated alkanes) is 2. The zero-order chi connectivity index (χ0) is 13.1. The van der Waals surface area contributed by atoms with Gasteiger partial charge < -0.3 is 5.73 Å². The molecule has 0 aliphatic rings. The van der Waals surface area contributed by atoms with Gasteiger partial charge in [0.2, 0.25) is 5.95 Å². The van der Waals surface area contributed by atoms with Crippen LogP contribution >= 0.6 is 0 Å². The second-order valence-electron chi connectivity index (χ2n) is 4.50. The van der Waals surface area contributed by atoms with Crippen molar-refractivity contribution in [2.75, 3.05) is 5.73 Å². The SMILES string of the molecule is CCCCCc1cc2cnc(N)nc2n(C)c1=O. The van der Waals surface area contributed by atoms with Gasteiger partial charge in [0, 0.05) is 24.2 Å². The first-order chi connectivity index (χ1) is 8.63. The van der Waals surface area contributed by atoms with Crippen molar-refractivity contribution in [2.24, 2.45) is 7.05 Å². The van der Waals surface area contributed by atoms with Crippen molar-refractivity contribution in [3.63, 3.8) is 0 Å². The highest BCUT2D eigenvalue weighted by molar-refractivity contribution is 5.75. The Hall–Kier alpha value is -1.91. The minimum Gasteiger partial charge on any atom is -0.368 e. The highest BCUT2D eigenvalue weighted by Crippen LogP contribution is 2.12. The minimum absolute atomic E-state index is 0.0108. The summed E-state index contributed by atoms with van der Waals surface area (Å²) in [4.78, 5) is 20.2. The maximum absolute atomic E-state index is 12.1. The fourth-order valence-corrected chi connectivity index (χ4v) is 2.07. The molecule has 0 aliphatic heterocycles. The molecule has 2 N–H and O–H groups in total. The standard InChI is InChI=1S/C13H18N4O/c1-3-4-5-6-9-7-10-8-15-13(14)16-11(10)17(2)12(9)18/h7-8H,3-6H2,1-2H3,(H2,14,15,16). The van der Waals surface area contributed by atoms with Crippen LogP contribution in [0, 0.1) is 0 Å². The maximum atomic E-state index is 12.1. The predicted molar refractivity (Wildman–Crippen MR) is 72.4 cm³/mol. The normalized spacial score (nSPS) is 11.0. The predicted octanol–water partition coefficient (Wildman–Crippen LogP) is 1.64. The van der Waals surface area contributed by atoms with Gasteiger partial charge in [-0.1, -0.05) is 19.8 Å². The molecule has 0 bridgehead atoms. The van der Waals surface area contributed by atoms with Gasteiger partial charge in [-0.25, -0.2) is 4.98 Å². The van der Waals surface area contributed by atoms with Crippen molar-refractivity contribution in [1.82, 2.24) is 14.5 Å². The zero-order valence-corrected chi connectivity index (χ0v) is 10.8. The Kier molecular flexibility index (Phi) is 3.60. The molecule has 0 saturated carbocycles. The number of nitrogens with two attached hydrogens (primary N) is 1. The fraction of sp³-hybridized carbons (Fsp3) is 0.462. The first kappa shape index (κ1) is 12.5. The molecule has 5 heteroatoms. The third-order valence-electron chi connectivity index (χ3n) is 3.09. The van der Waals surface area contributed by atoms with Gasteiger partial charge in [-0.2, -0.15) is 4.98 Å². The first-order valence-electron chi connectivity index (χ1n) is 6.24. The zero-order valence-electron chi connectivity index (χ0n) is 10.8. The second-order valence-corrected chi connectivity index (χ2v) is 4.50. The van der Waals surface area contributed by atoms with E-state index in [1.165, 1.54) is 0 Å². The van der Waals surface area contributed by atoms with Crippen molar-refractivity contribution in [3.05, 3.63) is 28.2 Å². The van der Waals surface area contributed by atoms with Crippen molar-refractivity contribution in [1.29, 1.82) is 0 Å². The highest BCUT2D eigenvalue weighted by Gasteiger charge is 2.08. The molecule has 2 aromatic heterocycles. The van der Waals surface area contributed by atoms with Crippen LogP contribution in [0.4, 0.5) is 5.95 Å². The van der Waals surface area contributed by atoms with Gasteiger partial charge in [0.15, 0.2) is 0 Å². The molecular weight excluding hydrogens is 228 g/mol. The van der Waals surface area contributed by atoms with E-state index in [9.17, 15) is 4.79 Å². The molecule has 2 rings (SSSR count). The number of rotatable bonds is 4. The molecule has 0 spiro atoms. The smallest absolute Gasteiger partial charge is 0.255 e. The number of pyridine rings is 1. The summed E-state index contributed by atoms with van der Waals surface area (Å²) >= 11 is 0. The fourth-order valence-electron chi connectivity index (χ4n) is 2.07. The van der Waals surface area contributed by atoms with Crippen LogP contribution in [-0.4, -0.2) is 14.5 Å². The maximum Gasteiger partial charge on any atom is 0.255 e.